The average molecular weight is 1080 g/mol. The summed E-state index contributed by atoms with van der Waals surface area (Å²) in [6.07, 6.45) is 17.8. The summed E-state index contributed by atoms with van der Waals surface area (Å²) in [5, 5.41) is 48.8. The first-order valence-corrected chi connectivity index (χ1v) is 28.6. The van der Waals surface area contributed by atoms with Crippen LogP contribution in [-0.4, -0.2) is 137 Å². The highest BCUT2D eigenvalue weighted by molar-refractivity contribution is 7.90. The Balaban J connectivity index is 0.000000203. The van der Waals surface area contributed by atoms with Gasteiger partial charge >= 0.3 is 0 Å². The lowest BCUT2D eigenvalue weighted by molar-refractivity contribution is 0.463. The number of sulfonamides is 3. The molecule has 0 bridgehead atoms. The largest absolute Gasteiger partial charge is 0.382 e. The Hall–Kier alpha value is -6.00. The van der Waals surface area contributed by atoms with Crippen molar-refractivity contribution in [2.24, 2.45) is 14.1 Å². The predicted octanol–water partition coefficient (Wildman–Crippen LogP) is 6.19. The molecule has 27 heteroatoms. The van der Waals surface area contributed by atoms with E-state index in [1.807, 2.05) is 0 Å². The summed E-state index contributed by atoms with van der Waals surface area (Å²) >= 11 is 0. The Morgan fingerprint density at radius 2 is 0.865 bits per heavy atom. The SMILES string of the molecule is C.C.CN(C)S(=O)(=O)c1ccc(NC2CCCCC2)c(-c2nnn(C)n2)c1.CNS(=O)(=O)c1ccc(NC2CCCCC2)c(-c2nn[nH]n2)c1.CNS(=O)(=O)c1ccc(NC2CCCCC2)c(-c2nnn(C)n2)c1. The normalized spacial score (nSPS) is 15.9. The zero-order valence-corrected chi connectivity index (χ0v) is 44.0. The van der Waals surface area contributed by atoms with Gasteiger partial charge in [0.2, 0.25) is 47.5 Å². The Morgan fingerprint density at radius 1 is 0.514 bits per heavy atom. The molecule has 0 saturated heterocycles. The minimum absolute atomic E-state index is 0. The summed E-state index contributed by atoms with van der Waals surface area (Å²) in [4.78, 5) is 3.30. The lowest BCUT2D eigenvalue weighted by Crippen LogP contribution is -2.24. The number of rotatable bonds is 15. The van der Waals surface area contributed by atoms with Crippen LogP contribution in [-0.2, 0) is 44.2 Å². The number of hydrogen-bond acceptors (Lipinski definition) is 18. The van der Waals surface area contributed by atoms with Crippen LogP contribution in [0.5, 0.6) is 0 Å². The van der Waals surface area contributed by atoms with Crippen molar-refractivity contribution in [2.45, 2.75) is 144 Å². The fourth-order valence-corrected chi connectivity index (χ4v) is 11.3. The number of nitrogens with one attached hydrogen (secondary N) is 6. The highest BCUT2D eigenvalue weighted by Gasteiger charge is 2.25. The van der Waals surface area contributed by atoms with Crippen molar-refractivity contribution in [3.8, 4) is 34.2 Å². The second-order valence-corrected chi connectivity index (χ2v) is 24.1. The van der Waals surface area contributed by atoms with Crippen molar-refractivity contribution in [2.75, 3.05) is 44.1 Å². The maximum Gasteiger partial charge on any atom is 0.242 e. The van der Waals surface area contributed by atoms with Crippen molar-refractivity contribution >= 4 is 47.1 Å². The van der Waals surface area contributed by atoms with Gasteiger partial charge in [-0.05, 0) is 123 Å². The lowest BCUT2D eigenvalue weighted by atomic mass is 9.95. The molecule has 9 rings (SSSR count). The molecule has 24 nitrogen and oxygen atoms in total. The van der Waals surface area contributed by atoms with Gasteiger partial charge in [0.1, 0.15) is 0 Å². The molecule has 406 valence electrons. The van der Waals surface area contributed by atoms with Crippen LogP contribution in [0.15, 0.2) is 69.3 Å². The molecule has 74 heavy (non-hydrogen) atoms. The summed E-state index contributed by atoms with van der Waals surface area (Å²) in [5.74, 6) is 1.19. The maximum absolute atomic E-state index is 12.5. The number of aromatic amines is 1. The first kappa shape index (κ1) is 58.9. The average Bonchev–Trinajstić information content (AvgIpc) is 4.19. The topological polar surface area (TPSA) is 307 Å². The van der Waals surface area contributed by atoms with E-state index in [1.54, 1.807) is 68.7 Å². The van der Waals surface area contributed by atoms with Crippen molar-refractivity contribution in [3.63, 3.8) is 0 Å². The summed E-state index contributed by atoms with van der Waals surface area (Å²) < 4.78 is 79.0. The van der Waals surface area contributed by atoms with Crippen LogP contribution in [0.1, 0.15) is 111 Å². The molecule has 3 aliphatic rings. The van der Waals surface area contributed by atoms with Crippen molar-refractivity contribution in [1.29, 1.82) is 0 Å². The van der Waals surface area contributed by atoms with Gasteiger partial charge in [-0.2, -0.15) is 14.8 Å². The maximum atomic E-state index is 12.5. The van der Waals surface area contributed by atoms with Crippen LogP contribution >= 0.6 is 0 Å². The molecule has 6 N–H and O–H groups in total. The van der Waals surface area contributed by atoms with E-state index in [2.05, 4.69) is 76.8 Å². The van der Waals surface area contributed by atoms with Gasteiger partial charge < -0.3 is 16.0 Å². The number of nitrogens with zero attached hydrogens (tertiary/aromatic N) is 12. The minimum Gasteiger partial charge on any atom is -0.382 e. The summed E-state index contributed by atoms with van der Waals surface area (Å²) in [6, 6.07) is 16.1. The number of H-pyrrole nitrogens is 1. The van der Waals surface area contributed by atoms with Gasteiger partial charge in [0.15, 0.2) is 0 Å². The van der Waals surface area contributed by atoms with E-state index >= 15 is 0 Å². The smallest absolute Gasteiger partial charge is 0.242 e. The number of aromatic nitrogens is 12. The Kier molecular flexibility index (Phi) is 21.1. The Morgan fingerprint density at radius 3 is 1.18 bits per heavy atom. The molecule has 0 spiro atoms. The van der Waals surface area contributed by atoms with Crippen LogP contribution in [0, 0.1) is 0 Å². The monoisotopic (exact) mass is 1080 g/mol. The van der Waals surface area contributed by atoms with Crippen molar-refractivity contribution in [3.05, 3.63) is 54.6 Å². The molecule has 3 aromatic heterocycles. The molecule has 6 aromatic rings. The first-order valence-electron chi connectivity index (χ1n) is 24.2. The Bertz CT molecular complexity index is 3060. The highest BCUT2D eigenvalue weighted by atomic mass is 32.2. The summed E-state index contributed by atoms with van der Waals surface area (Å²) in [6.45, 7) is 0. The fourth-order valence-electron chi connectivity index (χ4n) is 8.90. The number of anilines is 3. The standard InChI is InChI=1S/C16H24N6O2S.C15H22N6O2S.C14H20N6O2S.2CH4/c1-21(2)25(23,24)13-9-10-15(17-12-7-5-4-6-8-12)14(11-13)16-18-20-22(3)19-16;1-16-24(22,23)12-8-9-14(17-11-6-4-3-5-7-11)13(10-12)15-18-20-21(2)19-15;1-15-23(21,22)11-7-8-13(16-10-5-3-2-4-6-10)12(9-11)14-17-19-20-18-14;;/h9-12,17H,4-8H2,1-3H3;8-11,16-17H,3-7H2,1-2H3;7-10,15-16H,2-6H2,1H3,(H,17,18,19,20);2*1H4. The first-order chi connectivity index (χ1) is 34.5. The summed E-state index contributed by atoms with van der Waals surface area (Å²) in [7, 11) is -1.41. The van der Waals surface area contributed by atoms with Crippen LogP contribution in [0.4, 0.5) is 17.1 Å². The molecule has 0 amide bonds. The third kappa shape index (κ3) is 15.1. The summed E-state index contributed by atoms with van der Waals surface area (Å²) in [5.41, 5.74) is 4.43. The van der Waals surface area contributed by atoms with Crippen molar-refractivity contribution < 1.29 is 25.3 Å². The third-order valence-corrected chi connectivity index (χ3v) is 17.5. The van der Waals surface area contributed by atoms with E-state index in [-0.39, 0.29) is 29.5 Å². The van der Waals surface area contributed by atoms with E-state index in [4.69, 9.17) is 0 Å². The molecule has 3 saturated carbocycles. The van der Waals surface area contributed by atoms with E-state index < -0.39 is 30.1 Å². The highest BCUT2D eigenvalue weighted by Crippen LogP contribution is 2.34. The zero-order valence-electron chi connectivity index (χ0n) is 41.6. The van der Waals surface area contributed by atoms with Crippen molar-refractivity contribution in [1.82, 2.24) is 74.8 Å². The molecular formula is C47H74N18O6S3. The second-order valence-electron chi connectivity index (χ2n) is 18.2. The molecule has 3 aromatic carbocycles. The zero-order chi connectivity index (χ0) is 51.5. The Labute approximate surface area is 436 Å². The molecule has 3 fully saturated rings. The predicted molar refractivity (Wildman–Crippen MR) is 286 cm³/mol. The molecule has 0 atom stereocenters. The number of benzene rings is 3. The quantitative estimate of drug-likeness (QED) is 0.0667. The minimum atomic E-state index is -3.53. The molecule has 3 aliphatic carbocycles. The molecule has 3 heterocycles. The molecule has 0 aliphatic heterocycles. The van der Waals surface area contributed by atoms with E-state index in [1.165, 1.54) is 99.9 Å². The van der Waals surface area contributed by atoms with Crippen LogP contribution in [0.25, 0.3) is 34.2 Å². The third-order valence-electron chi connectivity index (χ3n) is 12.9. The number of hydrogen-bond donors (Lipinski definition) is 6. The van der Waals surface area contributed by atoms with Gasteiger partial charge in [-0.1, -0.05) is 72.6 Å². The van der Waals surface area contributed by atoms with Crippen LogP contribution < -0.4 is 25.4 Å². The van der Waals surface area contributed by atoms with Crippen LogP contribution in [0.3, 0.4) is 0 Å². The fraction of sp³-hybridized carbons (Fsp3) is 0.553. The van der Waals surface area contributed by atoms with Gasteiger partial charge in [-0.3, -0.25) is 0 Å². The van der Waals surface area contributed by atoms with E-state index in [0.717, 1.165) is 55.6 Å². The van der Waals surface area contributed by atoms with E-state index in [9.17, 15) is 25.3 Å². The number of tetrazole rings is 3. The van der Waals surface area contributed by atoms with Gasteiger partial charge in [0.25, 0.3) is 0 Å². The van der Waals surface area contributed by atoms with Gasteiger partial charge in [-0.25, -0.2) is 39.0 Å². The number of aryl methyl sites for hydroxylation is 2. The molecule has 0 unspecified atom stereocenters. The van der Waals surface area contributed by atoms with E-state index in [0.29, 0.717) is 52.3 Å². The van der Waals surface area contributed by atoms with Crippen LogP contribution in [0.2, 0.25) is 0 Å². The van der Waals surface area contributed by atoms with Gasteiger partial charge in [0.05, 0.1) is 28.8 Å². The lowest BCUT2D eigenvalue weighted by Gasteiger charge is -2.25. The van der Waals surface area contributed by atoms with Gasteiger partial charge in [-0.15, -0.1) is 30.6 Å². The second kappa shape index (κ2) is 26.5. The van der Waals surface area contributed by atoms with Gasteiger partial charge in [0, 0.05) is 66.0 Å². The molecular weight excluding hydrogens is 1010 g/mol. The molecule has 0 radical (unpaired) electrons.